The summed E-state index contributed by atoms with van der Waals surface area (Å²) in [6.07, 6.45) is 0. The van der Waals surface area contributed by atoms with Gasteiger partial charge in [0, 0.05) is 5.02 Å². The third-order valence-corrected chi connectivity index (χ3v) is 8.37. The van der Waals surface area contributed by atoms with Crippen LogP contribution in [0.15, 0.2) is 84.9 Å². The monoisotopic (exact) mass is 514 g/mol. The van der Waals surface area contributed by atoms with E-state index in [1.807, 2.05) is 0 Å². The Kier molecular flexibility index (Phi) is 5.75. The van der Waals surface area contributed by atoms with Crippen LogP contribution >= 0.6 is 27.5 Å². The van der Waals surface area contributed by atoms with E-state index in [-0.39, 0.29) is 0 Å². The molecule has 0 atom stereocenters. The lowest BCUT2D eigenvalue weighted by molar-refractivity contribution is 0.837. The molecule has 33 heavy (non-hydrogen) atoms. The Bertz CT molecular complexity index is 1280. The standard InChI is InChI=1S/C31H28BrCl/c1-19(2)24-12-9-13-25(20(3)4)30(24)21-16-22(18-23(33)17-21)31(32)28-14-7-5-10-26(28)27-11-6-8-15-29(27)31/h5-20H,1-4H3. The number of benzene rings is 4. The summed E-state index contributed by atoms with van der Waals surface area (Å²) in [5.41, 5.74) is 11.5. The fourth-order valence-corrected chi connectivity index (χ4v) is 6.47. The molecule has 0 bridgehead atoms. The van der Waals surface area contributed by atoms with Gasteiger partial charge in [0.1, 0.15) is 4.32 Å². The van der Waals surface area contributed by atoms with E-state index in [2.05, 4.69) is 129 Å². The van der Waals surface area contributed by atoms with Gasteiger partial charge in [0.05, 0.1) is 0 Å². The van der Waals surface area contributed by atoms with Gasteiger partial charge in [0.15, 0.2) is 0 Å². The summed E-state index contributed by atoms with van der Waals surface area (Å²) >= 11 is 11.1. The Morgan fingerprint density at radius 3 is 1.70 bits per heavy atom. The Morgan fingerprint density at radius 1 is 0.667 bits per heavy atom. The molecule has 0 aromatic heterocycles. The van der Waals surface area contributed by atoms with Crippen LogP contribution in [0.2, 0.25) is 5.02 Å². The van der Waals surface area contributed by atoms with E-state index >= 15 is 0 Å². The van der Waals surface area contributed by atoms with Crippen molar-refractivity contribution in [3.05, 3.63) is 118 Å². The predicted molar refractivity (Wildman–Crippen MR) is 146 cm³/mol. The SMILES string of the molecule is CC(C)c1cccc(C(C)C)c1-c1cc(Cl)cc(C2(Br)c3ccccc3-c3ccccc32)c1. The van der Waals surface area contributed by atoms with Crippen LogP contribution < -0.4 is 0 Å². The van der Waals surface area contributed by atoms with Crippen LogP contribution in [-0.4, -0.2) is 0 Å². The quantitative estimate of drug-likeness (QED) is 0.237. The van der Waals surface area contributed by atoms with Crippen LogP contribution in [0.25, 0.3) is 22.3 Å². The number of hydrogen-bond donors (Lipinski definition) is 0. The molecular formula is C31H28BrCl. The molecule has 1 aliphatic carbocycles. The average Bonchev–Trinajstić information content (AvgIpc) is 3.08. The lowest BCUT2D eigenvalue weighted by atomic mass is 9.82. The van der Waals surface area contributed by atoms with E-state index in [0.717, 1.165) is 10.6 Å². The van der Waals surface area contributed by atoms with Crippen LogP contribution in [0.1, 0.15) is 67.3 Å². The molecule has 0 spiro atoms. The minimum absolute atomic E-state index is 0.423. The van der Waals surface area contributed by atoms with Gasteiger partial charge in [0.25, 0.3) is 0 Å². The van der Waals surface area contributed by atoms with Crippen molar-refractivity contribution < 1.29 is 0 Å². The molecular weight excluding hydrogens is 488 g/mol. The van der Waals surface area contributed by atoms with Crippen molar-refractivity contribution in [1.82, 2.24) is 0 Å². The number of halogens is 2. The second-order valence-electron chi connectivity index (χ2n) is 9.60. The molecule has 0 radical (unpaired) electrons. The van der Waals surface area contributed by atoms with E-state index in [9.17, 15) is 0 Å². The Hall–Kier alpha value is -2.35. The summed E-state index contributed by atoms with van der Waals surface area (Å²) in [5.74, 6) is 0.846. The van der Waals surface area contributed by atoms with E-state index in [1.165, 1.54) is 44.5 Å². The summed E-state index contributed by atoms with van der Waals surface area (Å²) in [6, 6.07) is 30.7. The smallest absolute Gasteiger partial charge is 0.0843 e. The molecule has 0 nitrogen and oxygen atoms in total. The summed E-state index contributed by atoms with van der Waals surface area (Å²) in [7, 11) is 0. The number of alkyl halides is 1. The van der Waals surface area contributed by atoms with Crippen molar-refractivity contribution in [2.45, 2.75) is 43.9 Å². The summed E-state index contributed by atoms with van der Waals surface area (Å²) in [5, 5.41) is 0.761. The fourth-order valence-electron chi connectivity index (χ4n) is 5.31. The van der Waals surface area contributed by atoms with Gasteiger partial charge < -0.3 is 0 Å². The minimum atomic E-state index is -0.440. The van der Waals surface area contributed by atoms with Crippen molar-refractivity contribution in [2.75, 3.05) is 0 Å². The summed E-state index contributed by atoms with van der Waals surface area (Å²) in [4.78, 5) is 0. The second kappa shape index (κ2) is 8.46. The molecule has 0 aliphatic heterocycles. The molecule has 166 valence electrons. The second-order valence-corrected chi connectivity index (χ2v) is 11.2. The molecule has 4 aromatic carbocycles. The van der Waals surface area contributed by atoms with Crippen molar-refractivity contribution >= 4 is 27.5 Å². The maximum Gasteiger partial charge on any atom is 0.102 e. The van der Waals surface area contributed by atoms with Gasteiger partial charge in [-0.1, -0.05) is 122 Å². The van der Waals surface area contributed by atoms with Crippen molar-refractivity contribution in [1.29, 1.82) is 0 Å². The number of hydrogen-bond acceptors (Lipinski definition) is 0. The first-order chi connectivity index (χ1) is 15.8. The highest BCUT2D eigenvalue weighted by atomic mass is 79.9. The van der Waals surface area contributed by atoms with E-state index < -0.39 is 4.32 Å². The number of fused-ring (bicyclic) bond motifs is 3. The Balaban J connectivity index is 1.80. The summed E-state index contributed by atoms with van der Waals surface area (Å²) < 4.78 is -0.440. The fraction of sp³-hybridized carbons (Fsp3) is 0.226. The molecule has 0 saturated heterocycles. The zero-order valence-corrected chi connectivity index (χ0v) is 21.8. The largest absolute Gasteiger partial charge is 0.102 e. The van der Waals surface area contributed by atoms with Crippen LogP contribution in [0.4, 0.5) is 0 Å². The highest BCUT2D eigenvalue weighted by Gasteiger charge is 2.42. The van der Waals surface area contributed by atoms with Gasteiger partial charge in [0.2, 0.25) is 0 Å². The average molecular weight is 516 g/mol. The molecule has 0 amide bonds. The first kappa shape index (κ1) is 22.4. The third kappa shape index (κ3) is 3.57. The minimum Gasteiger partial charge on any atom is -0.0843 e. The third-order valence-electron chi connectivity index (χ3n) is 6.84. The zero-order valence-electron chi connectivity index (χ0n) is 19.5. The lowest BCUT2D eigenvalue weighted by Gasteiger charge is -2.28. The maximum atomic E-state index is 6.84. The molecule has 0 unspecified atom stereocenters. The molecule has 2 heteroatoms. The normalized spacial score (nSPS) is 13.9. The molecule has 5 rings (SSSR count). The van der Waals surface area contributed by atoms with Gasteiger partial charge in [-0.05, 0) is 80.1 Å². The maximum absolute atomic E-state index is 6.84. The van der Waals surface area contributed by atoms with E-state index in [4.69, 9.17) is 11.6 Å². The van der Waals surface area contributed by atoms with E-state index in [1.54, 1.807) is 0 Å². The van der Waals surface area contributed by atoms with Crippen molar-refractivity contribution in [3.63, 3.8) is 0 Å². The van der Waals surface area contributed by atoms with Gasteiger partial charge in [-0.25, -0.2) is 0 Å². The molecule has 0 heterocycles. The molecule has 0 saturated carbocycles. The Labute approximate surface area is 210 Å². The zero-order chi connectivity index (χ0) is 23.3. The van der Waals surface area contributed by atoms with Crippen molar-refractivity contribution in [2.24, 2.45) is 0 Å². The summed E-state index contributed by atoms with van der Waals surface area (Å²) in [6.45, 7) is 9.07. The van der Waals surface area contributed by atoms with Crippen LogP contribution in [0.3, 0.4) is 0 Å². The van der Waals surface area contributed by atoms with Gasteiger partial charge in [-0.3, -0.25) is 0 Å². The van der Waals surface area contributed by atoms with Gasteiger partial charge in [-0.15, -0.1) is 0 Å². The molecule has 0 N–H and O–H groups in total. The lowest BCUT2D eigenvalue weighted by Crippen LogP contribution is -2.18. The first-order valence-corrected chi connectivity index (χ1v) is 12.8. The predicted octanol–water partition coefficient (Wildman–Crippen LogP) is 9.92. The highest BCUT2D eigenvalue weighted by Crippen LogP contribution is 2.57. The highest BCUT2D eigenvalue weighted by molar-refractivity contribution is 9.10. The van der Waals surface area contributed by atoms with Gasteiger partial charge in [-0.2, -0.15) is 0 Å². The van der Waals surface area contributed by atoms with Crippen molar-refractivity contribution in [3.8, 4) is 22.3 Å². The number of rotatable bonds is 4. The van der Waals surface area contributed by atoms with Crippen LogP contribution in [0, 0.1) is 0 Å². The Morgan fingerprint density at radius 2 is 1.18 bits per heavy atom. The molecule has 0 fully saturated rings. The van der Waals surface area contributed by atoms with E-state index in [0.29, 0.717) is 11.8 Å². The van der Waals surface area contributed by atoms with Crippen LogP contribution in [-0.2, 0) is 4.32 Å². The molecule has 4 aromatic rings. The first-order valence-electron chi connectivity index (χ1n) is 11.6. The topological polar surface area (TPSA) is 0 Å². The molecule has 1 aliphatic rings. The van der Waals surface area contributed by atoms with Gasteiger partial charge >= 0.3 is 0 Å². The van der Waals surface area contributed by atoms with Crippen LogP contribution in [0.5, 0.6) is 0 Å².